The Morgan fingerprint density at radius 3 is 2.71 bits per heavy atom. The summed E-state index contributed by atoms with van der Waals surface area (Å²) >= 11 is 1.51. The lowest BCUT2D eigenvalue weighted by Gasteiger charge is -2.25. The van der Waals surface area contributed by atoms with E-state index in [4.69, 9.17) is 4.99 Å². The van der Waals surface area contributed by atoms with Crippen LogP contribution in [0.1, 0.15) is 42.9 Å². The van der Waals surface area contributed by atoms with Crippen LogP contribution in [-0.4, -0.2) is 40.3 Å². The Morgan fingerprint density at radius 1 is 1.16 bits per heavy atom. The maximum absolute atomic E-state index is 13.2. The molecule has 0 saturated carbocycles. The van der Waals surface area contributed by atoms with E-state index in [0.29, 0.717) is 23.3 Å². The van der Waals surface area contributed by atoms with Crippen molar-refractivity contribution in [3.8, 4) is 0 Å². The van der Waals surface area contributed by atoms with Gasteiger partial charge in [-0.25, -0.2) is 9.89 Å². The number of hydrogen-bond donors (Lipinski definition) is 1. The van der Waals surface area contributed by atoms with Crippen LogP contribution in [0.5, 0.6) is 0 Å². The van der Waals surface area contributed by atoms with Crippen molar-refractivity contribution in [1.29, 1.82) is 0 Å². The van der Waals surface area contributed by atoms with Gasteiger partial charge in [0.2, 0.25) is 5.91 Å². The second kappa shape index (κ2) is 9.47. The fourth-order valence-electron chi connectivity index (χ4n) is 3.52. The Kier molecular flexibility index (Phi) is 6.51. The quantitative estimate of drug-likeness (QED) is 0.664. The molecular weight excluding hydrogens is 408 g/mol. The number of benzene rings is 2. The molecule has 0 bridgehead atoms. The molecule has 2 aromatic rings. The maximum Gasteiger partial charge on any atom is 0.259 e. The number of carbonyl (C=O) groups is 2. The van der Waals surface area contributed by atoms with Crippen molar-refractivity contribution in [2.45, 2.75) is 44.9 Å². The molecule has 2 aromatic carbocycles. The average Bonchev–Trinajstić information content (AvgIpc) is 3.10. The van der Waals surface area contributed by atoms with E-state index in [-0.39, 0.29) is 18.2 Å². The molecule has 2 heterocycles. The van der Waals surface area contributed by atoms with Gasteiger partial charge in [0.1, 0.15) is 11.9 Å². The van der Waals surface area contributed by atoms with Crippen LogP contribution in [0.2, 0.25) is 0 Å². The summed E-state index contributed by atoms with van der Waals surface area (Å²) in [5, 5.41) is 3.49. The Bertz CT molecular complexity index is 1050. The molecule has 31 heavy (non-hydrogen) atoms. The maximum atomic E-state index is 13.2. The molecule has 1 atom stereocenters. The predicted octanol–water partition coefficient (Wildman–Crippen LogP) is 4.19. The number of thioether (sulfide) groups is 1. The van der Waals surface area contributed by atoms with E-state index in [1.165, 1.54) is 17.3 Å². The third kappa shape index (κ3) is 4.71. The third-order valence-corrected chi connectivity index (χ3v) is 6.28. The van der Waals surface area contributed by atoms with Crippen LogP contribution < -0.4 is 5.32 Å². The van der Waals surface area contributed by atoms with Gasteiger partial charge in [-0.1, -0.05) is 67.1 Å². The number of amides is 2. The zero-order valence-corrected chi connectivity index (χ0v) is 18.6. The van der Waals surface area contributed by atoms with Crippen LogP contribution in [0.3, 0.4) is 0 Å². The largest absolute Gasteiger partial charge is 0.356 e. The van der Waals surface area contributed by atoms with Crippen LogP contribution in [0.15, 0.2) is 58.5 Å². The zero-order valence-electron chi connectivity index (χ0n) is 17.8. The van der Waals surface area contributed by atoms with Gasteiger partial charge in [-0.15, -0.1) is 0 Å². The van der Waals surface area contributed by atoms with Crippen LogP contribution >= 0.6 is 11.8 Å². The van der Waals surface area contributed by atoms with Crippen LogP contribution in [0.4, 0.5) is 5.69 Å². The highest BCUT2D eigenvalue weighted by Crippen LogP contribution is 2.34. The molecule has 7 heteroatoms. The van der Waals surface area contributed by atoms with Crippen LogP contribution in [-0.2, 0) is 15.3 Å². The van der Waals surface area contributed by atoms with Gasteiger partial charge in [-0.3, -0.25) is 14.6 Å². The van der Waals surface area contributed by atoms with E-state index in [9.17, 15) is 9.59 Å². The molecule has 160 valence electrons. The molecule has 0 saturated heterocycles. The summed E-state index contributed by atoms with van der Waals surface area (Å²) in [4.78, 5) is 36.5. The first-order chi connectivity index (χ1) is 15.1. The van der Waals surface area contributed by atoms with Crippen molar-refractivity contribution in [3.63, 3.8) is 0 Å². The summed E-state index contributed by atoms with van der Waals surface area (Å²) in [7, 11) is 0. The molecular formula is C24H26N4O2S. The minimum Gasteiger partial charge on any atom is -0.356 e. The Balaban J connectivity index is 1.55. The van der Waals surface area contributed by atoms with E-state index in [1.54, 1.807) is 4.90 Å². The Hall–Kier alpha value is -2.93. The molecule has 4 rings (SSSR count). The van der Waals surface area contributed by atoms with Gasteiger partial charge in [-0.05, 0) is 31.0 Å². The first kappa shape index (κ1) is 21.3. The summed E-state index contributed by atoms with van der Waals surface area (Å²) < 4.78 is 0. The average molecular weight is 435 g/mol. The SMILES string of the molecule is CCCCNC(=O)CC1N=C2c3ccccc3N=C(SCc3ccc(C)cc3)N2C1=O. The van der Waals surface area contributed by atoms with Crippen LogP contribution in [0.25, 0.3) is 0 Å². The van der Waals surface area contributed by atoms with Gasteiger partial charge < -0.3 is 5.32 Å². The highest BCUT2D eigenvalue weighted by Gasteiger charge is 2.41. The van der Waals surface area contributed by atoms with Gasteiger partial charge in [0, 0.05) is 17.9 Å². The van der Waals surface area contributed by atoms with E-state index < -0.39 is 6.04 Å². The first-order valence-electron chi connectivity index (χ1n) is 10.6. The van der Waals surface area contributed by atoms with Crippen molar-refractivity contribution < 1.29 is 9.59 Å². The lowest BCUT2D eigenvalue weighted by atomic mass is 10.1. The van der Waals surface area contributed by atoms with Crippen molar-refractivity contribution in [3.05, 3.63) is 65.2 Å². The van der Waals surface area contributed by atoms with Crippen LogP contribution in [0, 0.1) is 6.92 Å². The summed E-state index contributed by atoms with van der Waals surface area (Å²) in [5.41, 5.74) is 3.99. The molecule has 0 spiro atoms. The smallest absolute Gasteiger partial charge is 0.259 e. The number of carbonyl (C=O) groups excluding carboxylic acids is 2. The number of nitrogens with zero attached hydrogens (tertiary/aromatic N) is 3. The number of fused-ring (bicyclic) bond motifs is 3. The third-order valence-electron chi connectivity index (χ3n) is 5.27. The fraction of sp³-hybridized carbons (Fsp3) is 0.333. The molecule has 0 fully saturated rings. The molecule has 2 amide bonds. The predicted molar refractivity (Wildman–Crippen MR) is 126 cm³/mol. The van der Waals surface area contributed by atoms with E-state index in [1.807, 2.05) is 24.3 Å². The molecule has 6 nitrogen and oxygen atoms in total. The molecule has 0 aliphatic carbocycles. The van der Waals surface area contributed by atoms with Gasteiger partial charge in [-0.2, -0.15) is 0 Å². The Labute approximate surface area is 186 Å². The summed E-state index contributed by atoms with van der Waals surface area (Å²) in [6.07, 6.45) is 1.99. The van der Waals surface area contributed by atoms with Gasteiger partial charge in [0.25, 0.3) is 5.91 Å². The van der Waals surface area contributed by atoms with Crippen molar-refractivity contribution >= 4 is 40.3 Å². The number of aryl methyl sites for hydroxylation is 1. The lowest BCUT2D eigenvalue weighted by Crippen LogP contribution is -2.42. The monoisotopic (exact) mass is 434 g/mol. The summed E-state index contributed by atoms with van der Waals surface area (Å²) in [6.45, 7) is 4.75. The Morgan fingerprint density at radius 2 is 1.94 bits per heavy atom. The number of para-hydroxylation sites is 1. The normalized spacial score (nSPS) is 17.0. The van der Waals surface area contributed by atoms with Gasteiger partial charge >= 0.3 is 0 Å². The number of aliphatic imine (C=N–C) groups is 2. The molecule has 2 aliphatic rings. The number of nitrogens with one attached hydrogen (secondary N) is 1. The lowest BCUT2D eigenvalue weighted by molar-refractivity contribution is -0.128. The molecule has 1 unspecified atom stereocenters. The second-order valence-electron chi connectivity index (χ2n) is 7.74. The highest BCUT2D eigenvalue weighted by atomic mass is 32.2. The van der Waals surface area contributed by atoms with E-state index in [2.05, 4.69) is 48.4 Å². The first-order valence-corrected chi connectivity index (χ1v) is 11.6. The number of rotatable bonds is 7. The topological polar surface area (TPSA) is 74.1 Å². The molecule has 1 N–H and O–H groups in total. The number of unbranched alkanes of at least 4 members (excludes halogenated alkanes) is 1. The minimum absolute atomic E-state index is 0.0562. The summed E-state index contributed by atoms with van der Waals surface area (Å²) in [6, 6.07) is 15.3. The standard InChI is InChI=1S/C24H26N4O2S/c1-3-4-13-25-21(29)14-20-23(30)28-22(26-20)18-7-5-6-8-19(18)27-24(28)31-15-17-11-9-16(2)10-12-17/h5-12,20H,3-4,13-15H2,1-2H3,(H,25,29). The highest BCUT2D eigenvalue weighted by molar-refractivity contribution is 8.13. The zero-order chi connectivity index (χ0) is 21.8. The van der Waals surface area contributed by atoms with Gasteiger partial charge in [0.15, 0.2) is 5.17 Å². The fourth-order valence-corrected chi connectivity index (χ4v) is 4.47. The van der Waals surface area contributed by atoms with E-state index >= 15 is 0 Å². The number of hydrogen-bond acceptors (Lipinski definition) is 5. The van der Waals surface area contributed by atoms with Crippen molar-refractivity contribution in [2.24, 2.45) is 9.98 Å². The second-order valence-corrected chi connectivity index (χ2v) is 8.68. The minimum atomic E-state index is -0.715. The van der Waals surface area contributed by atoms with Gasteiger partial charge in [0.05, 0.1) is 12.1 Å². The summed E-state index contributed by atoms with van der Waals surface area (Å²) in [5.74, 6) is 0.953. The molecule has 0 aromatic heterocycles. The van der Waals surface area contributed by atoms with Crippen molar-refractivity contribution in [1.82, 2.24) is 10.2 Å². The number of amidine groups is 2. The molecule has 0 radical (unpaired) electrons. The van der Waals surface area contributed by atoms with Crippen molar-refractivity contribution in [2.75, 3.05) is 6.54 Å². The molecule has 2 aliphatic heterocycles. The van der Waals surface area contributed by atoms with E-state index in [0.717, 1.165) is 29.7 Å².